The van der Waals surface area contributed by atoms with Crippen molar-refractivity contribution in [2.45, 2.75) is 25.1 Å². The Labute approximate surface area is 141 Å². The minimum absolute atomic E-state index is 0.00731. The van der Waals surface area contributed by atoms with E-state index in [9.17, 15) is 18.0 Å². The summed E-state index contributed by atoms with van der Waals surface area (Å²) in [6.07, 6.45) is -1.31. The molecule has 8 heteroatoms. The highest BCUT2D eigenvalue weighted by atomic mass is 35.5. The zero-order valence-electron chi connectivity index (χ0n) is 12.3. The van der Waals surface area contributed by atoms with Gasteiger partial charge in [0.2, 0.25) is 0 Å². The van der Waals surface area contributed by atoms with Crippen molar-refractivity contribution in [1.82, 2.24) is 10.3 Å². The lowest BCUT2D eigenvalue weighted by molar-refractivity contribution is -0.136. The molecule has 1 aromatic carbocycles. The number of rotatable bonds is 4. The summed E-state index contributed by atoms with van der Waals surface area (Å²) in [5, 5.41) is 5.44. The smallest absolute Gasteiger partial charge is 0.355 e. The number of pyridine rings is 1. The third-order valence-corrected chi connectivity index (χ3v) is 3.71. The molecular weight excluding hydrogens is 343 g/mol. The fourth-order valence-corrected chi connectivity index (χ4v) is 2.31. The summed E-state index contributed by atoms with van der Waals surface area (Å²) in [7, 11) is 0. The number of carbonyl (C=O) groups excluding carboxylic acids is 1. The van der Waals surface area contributed by atoms with Gasteiger partial charge in [0.25, 0.3) is 5.91 Å². The predicted molar refractivity (Wildman–Crippen MR) is 84.5 cm³/mol. The molecule has 1 saturated carbocycles. The Morgan fingerprint density at radius 1 is 1.21 bits per heavy atom. The van der Waals surface area contributed by atoms with Crippen molar-refractivity contribution < 1.29 is 18.0 Å². The van der Waals surface area contributed by atoms with Gasteiger partial charge in [0, 0.05) is 22.9 Å². The van der Waals surface area contributed by atoms with Gasteiger partial charge in [-0.25, -0.2) is 0 Å². The Morgan fingerprint density at radius 3 is 2.62 bits per heavy atom. The molecule has 2 aromatic rings. The lowest BCUT2D eigenvalue weighted by Crippen LogP contribution is -2.26. The average Bonchev–Trinajstić information content (AvgIpc) is 3.32. The van der Waals surface area contributed by atoms with Gasteiger partial charge in [-0.1, -0.05) is 11.6 Å². The van der Waals surface area contributed by atoms with Crippen LogP contribution in [0.1, 0.15) is 28.9 Å². The number of hydrogen-bond donors (Lipinski definition) is 2. The number of benzene rings is 1. The van der Waals surface area contributed by atoms with E-state index >= 15 is 0 Å². The van der Waals surface area contributed by atoms with Crippen molar-refractivity contribution >= 4 is 28.9 Å². The fraction of sp³-hybridized carbons (Fsp3) is 0.250. The van der Waals surface area contributed by atoms with Gasteiger partial charge < -0.3 is 10.6 Å². The molecular formula is C16H13ClF3N3O. The van der Waals surface area contributed by atoms with E-state index in [1.54, 1.807) is 0 Å². The molecule has 0 spiro atoms. The fourth-order valence-electron chi connectivity index (χ4n) is 2.13. The third-order valence-electron chi connectivity index (χ3n) is 3.47. The first-order chi connectivity index (χ1) is 11.3. The number of alkyl halides is 3. The first kappa shape index (κ1) is 16.6. The minimum atomic E-state index is -4.55. The molecule has 0 saturated heterocycles. The molecule has 1 aliphatic carbocycles. The monoisotopic (exact) mass is 355 g/mol. The maximum absolute atomic E-state index is 13.1. The molecule has 1 fully saturated rings. The molecule has 4 nitrogen and oxygen atoms in total. The Hall–Kier alpha value is -2.28. The van der Waals surface area contributed by atoms with E-state index in [1.165, 1.54) is 30.5 Å². The second kappa shape index (κ2) is 6.32. The van der Waals surface area contributed by atoms with E-state index in [-0.39, 0.29) is 28.4 Å². The standard InChI is InChI=1S/C16H13ClF3N3O/c17-9-1-4-13(12(7-9)16(18,19)20)22-11-5-6-21-14(8-11)15(24)23-10-2-3-10/h1,4-8,10H,2-3H2,(H,21,22)(H,23,24). The summed E-state index contributed by atoms with van der Waals surface area (Å²) in [6.45, 7) is 0. The van der Waals surface area contributed by atoms with Crippen LogP contribution in [0.15, 0.2) is 36.5 Å². The Balaban J connectivity index is 1.85. The zero-order valence-corrected chi connectivity index (χ0v) is 13.1. The molecule has 0 unspecified atom stereocenters. The van der Waals surface area contributed by atoms with Crippen molar-refractivity contribution in [2.75, 3.05) is 5.32 Å². The minimum Gasteiger partial charge on any atom is -0.355 e. The lowest BCUT2D eigenvalue weighted by Gasteiger charge is -2.15. The van der Waals surface area contributed by atoms with E-state index in [4.69, 9.17) is 11.6 Å². The molecule has 126 valence electrons. The summed E-state index contributed by atoms with van der Waals surface area (Å²) in [5.41, 5.74) is -0.546. The maximum Gasteiger partial charge on any atom is 0.418 e. The maximum atomic E-state index is 13.1. The number of nitrogens with zero attached hydrogens (tertiary/aromatic N) is 1. The zero-order chi connectivity index (χ0) is 17.3. The molecule has 1 aromatic heterocycles. The summed E-state index contributed by atoms with van der Waals surface area (Å²) in [4.78, 5) is 15.9. The van der Waals surface area contributed by atoms with Gasteiger partial charge in [0.05, 0.1) is 11.3 Å². The second-order valence-electron chi connectivity index (χ2n) is 5.49. The summed E-state index contributed by atoms with van der Waals surface area (Å²) in [5.74, 6) is -0.340. The van der Waals surface area contributed by atoms with Crippen LogP contribution in [-0.2, 0) is 6.18 Å². The van der Waals surface area contributed by atoms with E-state index in [0.29, 0.717) is 5.69 Å². The summed E-state index contributed by atoms with van der Waals surface area (Å²) in [6, 6.07) is 6.53. The van der Waals surface area contributed by atoms with E-state index in [0.717, 1.165) is 18.9 Å². The van der Waals surface area contributed by atoms with Crippen molar-refractivity contribution in [3.63, 3.8) is 0 Å². The van der Waals surface area contributed by atoms with Crippen LogP contribution in [0.2, 0.25) is 5.02 Å². The molecule has 1 aliphatic rings. The van der Waals surface area contributed by atoms with Crippen molar-refractivity contribution in [3.05, 3.63) is 52.8 Å². The SMILES string of the molecule is O=C(NC1CC1)c1cc(Nc2ccc(Cl)cc2C(F)(F)F)ccn1. The second-order valence-corrected chi connectivity index (χ2v) is 5.93. The number of nitrogens with one attached hydrogen (secondary N) is 2. The Kier molecular flexibility index (Phi) is 4.36. The topological polar surface area (TPSA) is 54.0 Å². The predicted octanol–water partition coefficient (Wildman–Crippen LogP) is 4.39. The molecule has 24 heavy (non-hydrogen) atoms. The first-order valence-electron chi connectivity index (χ1n) is 7.23. The number of amides is 1. The molecule has 0 aliphatic heterocycles. The molecule has 2 N–H and O–H groups in total. The number of halogens is 4. The highest BCUT2D eigenvalue weighted by molar-refractivity contribution is 6.30. The summed E-state index contributed by atoms with van der Waals surface area (Å²) >= 11 is 5.66. The third kappa shape index (κ3) is 3.97. The summed E-state index contributed by atoms with van der Waals surface area (Å²) < 4.78 is 39.3. The first-order valence-corrected chi connectivity index (χ1v) is 7.61. The quantitative estimate of drug-likeness (QED) is 0.855. The van der Waals surface area contributed by atoms with Gasteiger partial charge in [-0.05, 0) is 43.2 Å². The van der Waals surface area contributed by atoms with Crippen LogP contribution in [-0.4, -0.2) is 16.9 Å². The van der Waals surface area contributed by atoms with Gasteiger partial charge in [0.1, 0.15) is 5.69 Å². The van der Waals surface area contributed by atoms with Crippen LogP contribution >= 0.6 is 11.6 Å². The van der Waals surface area contributed by atoms with Crippen LogP contribution in [0.3, 0.4) is 0 Å². The van der Waals surface area contributed by atoms with Gasteiger partial charge in [-0.15, -0.1) is 0 Å². The normalized spacial score (nSPS) is 14.3. The molecule has 0 bridgehead atoms. The largest absolute Gasteiger partial charge is 0.418 e. The Morgan fingerprint density at radius 2 is 1.96 bits per heavy atom. The molecule has 0 atom stereocenters. The highest BCUT2D eigenvalue weighted by Gasteiger charge is 2.34. The highest BCUT2D eigenvalue weighted by Crippen LogP contribution is 2.37. The number of aromatic nitrogens is 1. The number of carbonyl (C=O) groups is 1. The van der Waals surface area contributed by atoms with Gasteiger partial charge >= 0.3 is 6.18 Å². The van der Waals surface area contributed by atoms with E-state index < -0.39 is 11.7 Å². The van der Waals surface area contributed by atoms with Crippen LogP contribution < -0.4 is 10.6 Å². The van der Waals surface area contributed by atoms with Crippen LogP contribution in [0.25, 0.3) is 0 Å². The number of anilines is 2. The molecule has 3 rings (SSSR count). The van der Waals surface area contributed by atoms with Crippen LogP contribution in [0, 0.1) is 0 Å². The lowest BCUT2D eigenvalue weighted by atomic mass is 10.1. The van der Waals surface area contributed by atoms with Crippen LogP contribution in [0.5, 0.6) is 0 Å². The van der Waals surface area contributed by atoms with Crippen LogP contribution in [0.4, 0.5) is 24.5 Å². The van der Waals surface area contributed by atoms with Gasteiger partial charge in [0.15, 0.2) is 0 Å². The van der Waals surface area contributed by atoms with E-state index in [2.05, 4.69) is 15.6 Å². The molecule has 0 radical (unpaired) electrons. The molecule has 1 heterocycles. The van der Waals surface area contributed by atoms with Crippen molar-refractivity contribution in [1.29, 1.82) is 0 Å². The van der Waals surface area contributed by atoms with Gasteiger partial charge in [-0.3, -0.25) is 9.78 Å². The average molecular weight is 356 g/mol. The Bertz CT molecular complexity index is 775. The van der Waals surface area contributed by atoms with Gasteiger partial charge in [-0.2, -0.15) is 13.2 Å². The van der Waals surface area contributed by atoms with Crippen molar-refractivity contribution in [2.24, 2.45) is 0 Å². The molecule has 1 amide bonds. The van der Waals surface area contributed by atoms with Crippen molar-refractivity contribution in [3.8, 4) is 0 Å². The van der Waals surface area contributed by atoms with E-state index in [1.807, 2.05) is 0 Å². The number of hydrogen-bond acceptors (Lipinski definition) is 3.